The third kappa shape index (κ3) is 3.18. The van der Waals surface area contributed by atoms with Crippen molar-refractivity contribution in [2.24, 2.45) is 5.92 Å². The van der Waals surface area contributed by atoms with Crippen molar-refractivity contribution in [3.63, 3.8) is 0 Å². The van der Waals surface area contributed by atoms with Crippen LogP contribution in [0.4, 0.5) is 5.82 Å². The van der Waals surface area contributed by atoms with Crippen LogP contribution in [-0.2, 0) is 11.2 Å². The molecule has 3 atom stereocenters. The van der Waals surface area contributed by atoms with Crippen LogP contribution in [0.15, 0.2) is 59.3 Å². The van der Waals surface area contributed by atoms with Crippen LogP contribution in [0.3, 0.4) is 0 Å². The number of rotatable bonds is 4. The molecule has 2 aromatic heterocycles. The number of likely N-dealkylation sites (N-methyl/N-ethyl adjacent to an activating group) is 1. The molecule has 7 nitrogen and oxygen atoms in total. The summed E-state index contributed by atoms with van der Waals surface area (Å²) in [7, 11) is 1.70. The highest BCUT2D eigenvalue weighted by molar-refractivity contribution is 6.02. The summed E-state index contributed by atoms with van der Waals surface area (Å²) in [5, 5.41) is 6.78. The minimum atomic E-state index is -0.596. The van der Waals surface area contributed by atoms with Crippen molar-refractivity contribution in [1.82, 2.24) is 15.5 Å². The molecule has 2 unspecified atom stereocenters. The fraction of sp³-hybridized carbons (Fsp3) is 0.273. The number of hydrogen-bond donors (Lipinski definition) is 1. The van der Waals surface area contributed by atoms with Crippen LogP contribution in [0.5, 0.6) is 0 Å². The summed E-state index contributed by atoms with van der Waals surface area (Å²) in [6.07, 6.45) is 3.10. The molecular formula is C22H20N4O3. The predicted molar refractivity (Wildman–Crippen MR) is 106 cm³/mol. The highest BCUT2D eigenvalue weighted by atomic mass is 16.5. The van der Waals surface area contributed by atoms with Gasteiger partial charge in [-0.05, 0) is 35.4 Å². The van der Waals surface area contributed by atoms with Crippen LogP contribution in [0.1, 0.15) is 39.7 Å². The Labute approximate surface area is 167 Å². The fourth-order valence-electron chi connectivity index (χ4n) is 4.10. The van der Waals surface area contributed by atoms with Gasteiger partial charge in [0.05, 0.1) is 0 Å². The van der Waals surface area contributed by atoms with E-state index in [0.29, 0.717) is 18.0 Å². The van der Waals surface area contributed by atoms with Gasteiger partial charge < -0.3 is 9.84 Å². The summed E-state index contributed by atoms with van der Waals surface area (Å²) in [5.74, 6) is 1.04. The van der Waals surface area contributed by atoms with Gasteiger partial charge in [0, 0.05) is 25.7 Å². The van der Waals surface area contributed by atoms with Gasteiger partial charge in [-0.1, -0.05) is 41.6 Å². The molecule has 2 aliphatic rings. The lowest BCUT2D eigenvalue weighted by atomic mass is 10.1. The van der Waals surface area contributed by atoms with Gasteiger partial charge in [0.25, 0.3) is 11.8 Å². The number of carbonyl (C=O) groups excluding carboxylic acids is 2. The van der Waals surface area contributed by atoms with Crippen LogP contribution < -0.4 is 10.2 Å². The lowest BCUT2D eigenvalue weighted by Crippen LogP contribution is -2.48. The number of hydrogen-bond acceptors (Lipinski definition) is 5. The summed E-state index contributed by atoms with van der Waals surface area (Å²) in [6.45, 7) is 0. The molecule has 0 bridgehead atoms. The van der Waals surface area contributed by atoms with Gasteiger partial charge >= 0.3 is 0 Å². The summed E-state index contributed by atoms with van der Waals surface area (Å²) in [5.41, 5.74) is 2.32. The maximum atomic E-state index is 13.0. The molecule has 1 saturated carbocycles. The lowest BCUT2D eigenvalue weighted by molar-refractivity contribution is -0.120. The second kappa shape index (κ2) is 6.84. The Balaban J connectivity index is 1.32. The molecule has 3 heterocycles. The number of nitrogens with zero attached hydrogens (tertiary/aromatic N) is 3. The molecule has 2 amide bonds. The van der Waals surface area contributed by atoms with E-state index in [1.54, 1.807) is 19.3 Å². The van der Waals surface area contributed by atoms with E-state index < -0.39 is 11.9 Å². The van der Waals surface area contributed by atoms with Gasteiger partial charge in [-0.3, -0.25) is 14.5 Å². The second-order valence-corrected chi connectivity index (χ2v) is 7.61. The van der Waals surface area contributed by atoms with Gasteiger partial charge in [0.1, 0.15) is 17.6 Å². The van der Waals surface area contributed by atoms with Crippen molar-refractivity contribution in [2.45, 2.75) is 24.8 Å². The Bertz CT molecular complexity index is 1080. The van der Waals surface area contributed by atoms with E-state index in [9.17, 15) is 9.59 Å². The molecule has 0 spiro atoms. The first-order valence-electron chi connectivity index (χ1n) is 9.64. The van der Waals surface area contributed by atoms with Crippen LogP contribution in [-0.4, -0.2) is 35.0 Å². The average Bonchev–Trinajstić information content (AvgIpc) is 3.41. The van der Waals surface area contributed by atoms with Crippen molar-refractivity contribution >= 4 is 17.6 Å². The van der Waals surface area contributed by atoms with Gasteiger partial charge in [0.15, 0.2) is 5.69 Å². The van der Waals surface area contributed by atoms with Crippen molar-refractivity contribution in [1.29, 1.82) is 0 Å². The van der Waals surface area contributed by atoms with Gasteiger partial charge in [-0.15, -0.1) is 0 Å². The van der Waals surface area contributed by atoms with Crippen molar-refractivity contribution in [3.8, 4) is 0 Å². The van der Waals surface area contributed by atoms with Crippen LogP contribution in [0, 0.1) is 5.92 Å². The largest absolute Gasteiger partial charge is 0.360 e. The highest BCUT2D eigenvalue weighted by Crippen LogP contribution is 2.53. The van der Waals surface area contributed by atoms with E-state index in [-0.39, 0.29) is 23.4 Å². The molecule has 146 valence electrons. The number of anilines is 1. The molecular weight excluding hydrogens is 368 g/mol. The van der Waals surface area contributed by atoms with Gasteiger partial charge in [-0.2, -0.15) is 0 Å². The smallest absolute Gasteiger partial charge is 0.274 e. The number of benzene rings is 1. The third-order valence-electron chi connectivity index (χ3n) is 5.70. The quantitative estimate of drug-likeness (QED) is 0.742. The normalized spacial score (nSPS) is 22.4. The molecule has 0 radical (unpaired) electrons. The number of pyridine rings is 1. The van der Waals surface area contributed by atoms with Crippen LogP contribution in [0.2, 0.25) is 0 Å². The molecule has 0 saturated heterocycles. The van der Waals surface area contributed by atoms with Crippen molar-refractivity contribution < 1.29 is 14.1 Å². The van der Waals surface area contributed by atoms with Crippen molar-refractivity contribution in [3.05, 3.63) is 77.3 Å². The zero-order valence-corrected chi connectivity index (χ0v) is 15.9. The predicted octanol–water partition coefficient (Wildman–Crippen LogP) is 2.54. The summed E-state index contributed by atoms with van der Waals surface area (Å²) < 4.78 is 5.32. The molecule has 1 aromatic carbocycles. The minimum Gasteiger partial charge on any atom is -0.360 e. The van der Waals surface area contributed by atoms with Crippen LogP contribution >= 0.6 is 0 Å². The SMILES string of the molecule is CN1C(=O)[C@@H](NC(=O)c2cc(Cc3ccccc3)on2)C2CC2c2cccnc21. The first kappa shape index (κ1) is 17.6. The number of nitrogens with one attached hydrogen (secondary N) is 1. The standard InChI is InChI=1S/C22H20N4O3/c1-26-20-15(8-5-9-23-20)16-12-17(16)19(22(26)28)24-21(27)18-11-14(29-25-18)10-13-6-3-2-4-7-13/h2-9,11,16-17,19H,10,12H2,1H3,(H,24,27)/t16?,17?,19-/m0/s1. The van der Waals surface area contributed by atoms with E-state index in [1.165, 1.54) is 4.90 Å². The van der Waals surface area contributed by atoms with E-state index in [0.717, 1.165) is 17.5 Å². The van der Waals surface area contributed by atoms with E-state index >= 15 is 0 Å². The van der Waals surface area contributed by atoms with E-state index in [4.69, 9.17) is 4.52 Å². The molecule has 29 heavy (non-hydrogen) atoms. The fourth-order valence-corrected chi connectivity index (χ4v) is 4.10. The Morgan fingerprint density at radius 1 is 1.24 bits per heavy atom. The first-order chi connectivity index (χ1) is 14.1. The molecule has 5 rings (SSSR count). The maximum Gasteiger partial charge on any atom is 0.274 e. The maximum absolute atomic E-state index is 13.0. The third-order valence-corrected chi connectivity index (χ3v) is 5.70. The molecule has 7 heteroatoms. The monoisotopic (exact) mass is 388 g/mol. The number of fused-ring (bicyclic) bond motifs is 3. The second-order valence-electron chi connectivity index (χ2n) is 7.61. The molecule has 1 aliphatic carbocycles. The van der Waals surface area contributed by atoms with E-state index in [2.05, 4.69) is 15.5 Å². The zero-order valence-electron chi connectivity index (χ0n) is 15.9. The summed E-state index contributed by atoms with van der Waals surface area (Å²) >= 11 is 0. The number of carbonyl (C=O) groups is 2. The van der Waals surface area contributed by atoms with Crippen LogP contribution in [0.25, 0.3) is 0 Å². The zero-order chi connectivity index (χ0) is 20.0. The Morgan fingerprint density at radius 3 is 2.90 bits per heavy atom. The molecule has 1 aliphatic heterocycles. The minimum absolute atomic E-state index is 0.0787. The van der Waals surface area contributed by atoms with Gasteiger partial charge in [0.2, 0.25) is 0 Å². The Morgan fingerprint density at radius 2 is 2.07 bits per heavy atom. The lowest BCUT2D eigenvalue weighted by Gasteiger charge is -2.22. The highest BCUT2D eigenvalue weighted by Gasteiger charge is 2.52. The number of aromatic nitrogens is 2. The molecule has 1 N–H and O–H groups in total. The topological polar surface area (TPSA) is 88.3 Å². The summed E-state index contributed by atoms with van der Waals surface area (Å²) in [4.78, 5) is 31.7. The van der Waals surface area contributed by atoms with Gasteiger partial charge in [-0.25, -0.2) is 4.98 Å². The van der Waals surface area contributed by atoms with Crippen molar-refractivity contribution in [2.75, 3.05) is 11.9 Å². The van der Waals surface area contributed by atoms with E-state index in [1.807, 2.05) is 42.5 Å². The Kier molecular flexibility index (Phi) is 4.16. The summed E-state index contributed by atoms with van der Waals surface area (Å²) in [6, 6.07) is 14.8. The molecule has 3 aromatic rings. The first-order valence-corrected chi connectivity index (χ1v) is 9.64. The number of amides is 2. The molecule has 1 fully saturated rings. The average molecular weight is 388 g/mol. The Hall–Kier alpha value is -3.48.